The molecule has 0 radical (unpaired) electrons. The number of primary sulfonamides is 1. The number of rotatable bonds is 3. The molecule has 1 rings (SSSR count). The van der Waals surface area contributed by atoms with Crippen molar-refractivity contribution in [1.82, 2.24) is 4.98 Å². The van der Waals surface area contributed by atoms with Crippen molar-refractivity contribution in [2.75, 3.05) is 0 Å². The molecule has 0 aromatic carbocycles. The van der Waals surface area contributed by atoms with Gasteiger partial charge in [-0.3, -0.25) is 0 Å². The van der Waals surface area contributed by atoms with E-state index in [0.29, 0.717) is 0 Å². The molecule has 6 nitrogen and oxygen atoms in total. The fraction of sp³-hybridized carbons (Fsp3) is 0.375. The predicted octanol–water partition coefficient (Wildman–Crippen LogP) is 1.11. The molecule has 0 bridgehead atoms. The van der Waals surface area contributed by atoms with Crippen molar-refractivity contribution >= 4 is 10.0 Å². The van der Waals surface area contributed by atoms with Crippen molar-refractivity contribution < 1.29 is 39.5 Å². The summed E-state index contributed by atoms with van der Waals surface area (Å²) in [6.07, 6.45) is -10.5. The number of hydrogen-bond donors (Lipinski definition) is 2. The van der Waals surface area contributed by atoms with Gasteiger partial charge in [-0.1, -0.05) is 0 Å². The monoisotopic (exact) mass is 339 g/mol. The number of sulfonamides is 1. The van der Waals surface area contributed by atoms with Crippen molar-refractivity contribution in [3.05, 3.63) is 17.5 Å². The largest absolute Gasteiger partial charge is 0.573 e. The molecule has 13 heteroatoms. The van der Waals surface area contributed by atoms with Crippen molar-refractivity contribution in [3.63, 3.8) is 0 Å². The average Bonchev–Trinajstić information content (AvgIpc) is 2.23. The maximum absolute atomic E-state index is 12.7. The molecule has 0 unspecified atom stereocenters. The molecule has 21 heavy (non-hydrogen) atoms. The Balaban J connectivity index is 3.65. The molecule has 120 valence electrons. The van der Waals surface area contributed by atoms with Gasteiger partial charge < -0.3 is 10.5 Å². The molecule has 4 N–H and O–H groups in total. The Morgan fingerprint density at radius 2 is 1.71 bits per heavy atom. The number of nitrogens with two attached hydrogens (primary N) is 2. The zero-order valence-corrected chi connectivity index (χ0v) is 10.6. The lowest BCUT2D eigenvalue weighted by Gasteiger charge is -2.16. The lowest BCUT2D eigenvalue weighted by molar-refractivity contribution is -0.275. The van der Waals surface area contributed by atoms with Crippen LogP contribution in [0.15, 0.2) is 11.0 Å². The van der Waals surface area contributed by atoms with E-state index >= 15 is 0 Å². The van der Waals surface area contributed by atoms with Gasteiger partial charge in [0.2, 0.25) is 10.0 Å². The SMILES string of the molecule is NCc1nc(C(F)(F)F)c(S(N)(=O)=O)cc1OC(F)(F)F. The third kappa shape index (κ3) is 4.44. The molecule has 0 aliphatic heterocycles. The van der Waals surface area contributed by atoms with Gasteiger partial charge in [0.15, 0.2) is 11.4 Å². The number of halogens is 6. The lowest BCUT2D eigenvalue weighted by atomic mass is 10.2. The molecule has 0 fully saturated rings. The first-order valence-electron chi connectivity index (χ1n) is 4.85. The van der Waals surface area contributed by atoms with E-state index in [0.717, 1.165) is 0 Å². The van der Waals surface area contributed by atoms with Crippen LogP contribution in [0.3, 0.4) is 0 Å². The highest BCUT2D eigenvalue weighted by molar-refractivity contribution is 7.89. The molecule has 0 aliphatic carbocycles. The van der Waals surface area contributed by atoms with Crippen LogP contribution in [0, 0.1) is 0 Å². The van der Waals surface area contributed by atoms with Gasteiger partial charge >= 0.3 is 12.5 Å². The highest BCUT2D eigenvalue weighted by Crippen LogP contribution is 2.36. The van der Waals surface area contributed by atoms with Gasteiger partial charge in [0.25, 0.3) is 0 Å². The van der Waals surface area contributed by atoms with E-state index in [9.17, 15) is 34.8 Å². The third-order valence-electron chi connectivity index (χ3n) is 2.02. The van der Waals surface area contributed by atoms with E-state index in [-0.39, 0.29) is 6.07 Å². The second-order valence-corrected chi connectivity index (χ2v) is 5.10. The van der Waals surface area contributed by atoms with Gasteiger partial charge in [0.05, 0.1) is 5.69 Å². The van der Waals surface area contributed by atoms with Crippen molar-refractivity contribution in [3.8, 4) is 5.75 Å². The summed E-state index contributed by atoms with van der Waals surface area (Å²) in [6, 6.07) is -0.0131. The van der Waals surface area contributed by atoms with Crippen LogP contribution >= 0.6 is 0 Å². The quantitative estimate of drug-likeness (QED) is 0.802. The van der Waals surface area contributed by atoms with Gasteiger partial charge in [0, 0.05) is 12.6 Å². The number of hydrogen-bond acceptors (Lipinski definition) is 5. The van der Waals surface area contributed by atoms with Crippen LogP contribution in [0.5, 0.6) is 5.75 Å². The minimum absolute atomic E-state index is 0.0131. The molecule has 0 spiro atoms. The zero-order chi connectivity index (χ0) is 16.6. The fourth-order valence-electron chi connectivity index (χ4n) is 1.30. The Morgan fingerprint density at radius 3 is 2.05 bits per heavy atom. The first-order chi connectivity index (χ1) is 9.25. The molecule has 1 aromatic rings. The number of ether oxygens (including phenoxy) is 1. The van der Waals surface area contributed by atoms with Crippen LogP contribution in [0.2, 0.25) is 0 Å². The summed E-state index contributed by atoms with van der Waals surface area (Å²) in [6.45, 7) is -0.848. The molecular weight excluding hydrogens is 332 g/mol. The molecule has 0 aliphatic rings. The maximum atomic E-state index is 12.7. The predicted molar refractivity (Wildman–Crippen MR) is 55.2 cm³/mol. The summed E-state index contributed by atoms with van der Waals surface area (Å²) < 4.78 is 100.0. The Hall–Kier alpha value is -1.60. The number of alkyl halides is 6. The normalized spacial score (nSPS) is 13.3. The smallest absolute Gasteiger partial charge is 0.404 e. The van der Waals surface area contributed by atoms with Crippen molar-refractivity contribution in [2.24, 2.45) is 10.9 Å². The highest BCUT2D eigenvalue weighted by Gasteiger charge is 2.41. The Morgan fingerprint density at radius 1 is 1.19 bits per heavy atom. The third-order valence-corrected chi connectivity index (χ3v) is 2.95. The van der Waals surface area contributed by atoms with E-state index in [1.165, 1.54) is 0 Å². The molecule has 0 amide bonds. The second kappa shape index (κ2) is 5.31. The van der Waals surface area contributed by atoms with Crippen LogP contribution in [-0.2, 0) is 22.7 Å². The van der Waals surface area contributed by atoms with Gasteiger partial charge in [-0.05, 0) is 0 Å². The first kappa shape index (κ1) is 17.5. The summed E-state index contributed by atoms with van der Waals surface area (Å²) >= 11 is 0. The highest BCUT2D eigenvalue weighted by atomic mass is 32.2. The van der Waals surface area contributed by atoms with Crippen LogP contribution in [-0.4, -0.2) is 19.8 Å². The van der Waals surface area contributed by atoms with Gasteiger partial charge in [-0.15, -0.1) is 13.2 Å². The molecule has 1 aromatic heterocycles. The molecule has 0 saturated carbocycles. The summed E-state index contributed by atoms with van der Waals surface area (Å²) in [4.78, 5) is 1.13. The van der Waals surface area contributed by atoms with Crippen LogP contribution in [0.25, 0.3) is 0 Å². The van der Waals surface area contributed by atoms with Crippen LogP contribution < -0.4 is 15.6 Å². The van der Waals surface area contributed by atoms with Gasteiger partial charge in [-0.25, -0.2) is 18.5 Å². The minimum Gasteiger partial charge on any atom is -0.404 e. The van der Waals surface area contributed by atoms with E-state index < -0.39 is 51.1 Å². The average molecular weight is 339 g/mol. The minimum atomic E-state index is -5.28. The van der Waals surface area contributed by atoms with Crippen molar-refractivity contribution in [1.29, 1.82) is 0 Å². The number of pyridine rings is 1. The van der Waals surface area contributed by atoms with Crippen LogP contribution in [0.1, 0.15) is 11.4 Å². The van der Waals surface area contributed by atoms with E-state index in [4.69, 9.17) is 5.73 Å². The standard InChI is InChI=1S/C8H7F6N3O3S/c9-7(10,11)6-5(21(16,18)19)1-4(3(2-15)17-6)20-8(12,13)14/h1H,2,15H2,(H2,16,18,19). The summed E-state index contributed by atoms with van der Waals surface area (Å²) in [5, 5.41) is 4.54. The lowest BCUT2D eigenvalue weighted by Crippen LogP contribution is -2.24. The Kier molecular flexibility index (Phi) is 4.41. The first-order valence-corrected chi connectivity index (χ1v) is 6.40. The summed E-state index contributed by atoms with van der Waals surface area (Å²) in [5.41, 5.74) is 2.09. The topological polar surface area (TPSA) is 108 Å². The second-order valence-electron chi connectivity index (χ2n) is 3.57. The molecule has 1 heterocycles. The Labute approximate surface area is 113 Å². The molecule has 0 atom stereocenters. The Bertz CT molecular complexity index is 640. The summed E-state index contributed by atoms with van der Waals surface area (Å²) in [5.74, 6) is -1.28. The van der Waals surface area contributed by atoms with Crippen molar-refractivity contribution in [2.45, 2.75) is 24.0 Å². The number of nitrogens with zero attached hydrogens (tertiary/aromatic N) is 1. The van der Waals surface area contributed by atoms with E-state index in [2.05, 4.69) is 14.9 Å². The molecule has 0 saturated heterocycles. The zero-order valence-electron chi connectivity index (χ0n) is 9.79. The summed E-state index contributed by atoms with van der Waals surface area (Å²) in [7, 11) is -4.99. The maximum Gasteiger partial charge on any atom is 0.573 e. The van der Waals surface area contributed by atoms with Gasteiger partial charge in [-0.2, -0.15) is 13.2 Å². The fourth-order valence-corrected chi connectivity index (χ4v) is 2.00. The molecular formula is C8H7F6N3O3S. The van der Waals surface area contributed by atoms with E-state index in [1.54, 1.807) is 0 Å². The number of aromatic nitrogens is 1. The van der Waals surface area contributed by atoms with Crippen LogP contribution in [0.4, 0.5) is 26.3 Å². The van der Waals surface area contributed by atoms with Gasteiger partial charge in [0.1, 0.15) is 4.90 Å². The van der Waals surface area contributed by atoms with E-state index in [1.807, 2.05) is 0 Å².